The van der Waals surface area contributed by atoms with Crippen molar-refractivity contribution >= 4 is 23.2 Å². The molecule has 0 N–H and O–H groups in total. The fourth-order valence-corrected chi connectivity index (χ4v) is 4.00. The molecule has 7 heteroatoms. The van der Waals surface area contributed by atoms with Gasteiger partial charge in [0.1, 0.15) is 0 Å². The smallest absolute Gasteiger partial charge is 0.363 e. The minimum absolute atomic E-state index is 0.00948. The van der Waals surface area contributed by atoms with E-state index in [9.17, 15) is 14.9 Å². The molecule has 2 aromatic rings. The van der Waals surface area contributed by atoms with Gasteiger partial charge in [-0.1, -0.05) is 32.0 Å². The van der Waals surface area contributed by atoms with E-state index in [1.54, 1.807) is 19.1 Å². The van der Waals surface area contributed by atoms with Gasteiger partial charge in [-0.05, 0) is 42.8 Å². The number of para-hydroxylation sites is 1. The number of nitrogens with zero attached hydrogens (tertiary/aromatic N) is 3. The standard InChI is InChI=1S/C23H21N3O4/c1-14-13-15(9-11-18(14)26(28)29)21-24-17(22(27)30-21)10-12-20-23(2,3)16-7-5-6-8-19(16)25(20)4/h5-13H,1-4H3. The van der Waals surface area contributed by atoms with Crippen LogP contribution in [0.4, 0.5) is 11.4 Å². The van der Waals surface area contributed by atoms with Crippen LogP contribution in [0.25, 0.3) is 0 Å². The number of carbonyl (C=O) groups excluding carboxylic acids is 1. The molecule has 2 aliphatic rings. The lowest BCUT2D eigenvalue weighted by Gasteiger charge is -2.23. The highest BCUT2D eigenvalue weighted by Crippen LogP contribution is 2.46. The minimum Gasteiger partial charge on any atom is -0.402 e. The number of anilines is 1. The molecule has 0 atom stereocenters. The molecule has 152 valence electrons. The van der Waals surface area contributed by atoms with Crippen molar-refractivity contribution in [2.75, 3.05) is 11.9 Å². The van der Waals surface area contributed by atoms with Crippen LogP contribution in [0.5, 0.6) is 0 Å². The monoisotopic (exact) mass is 403 g/mol. The highest BCUT2D eigenvalue weighted by molar-refractivity contribution is 6.11. The quantitative estimate of drug-likeness (QED) is 0.328. The van der Waals surface area contributed by atoms with Crippen LogP contribution in [0.15, 0.2) is 71.0 Å². The summed E-state index contributed by atoms with van der Waals surface area (Å²) in [5.41, 5.74) is 4.37. The lowest BCUT2D eigenvalue weighted by Crippen LogP contribution is -2.22. The van der Waals surface area contributed by atoms with Gasteiger partial charge in [0.15, 0.2) is 5.70 Å². The van der Waals surface area contributed by atoms with Gasteiger partial charge in [-0.3, -0.25) is 10.1 Å². The minimum atomic E-state index is -0.547. The highest BCUT2D eigenvalue weighted by Gasteiger charge is 2.38. The number of fused-ring (bicyclic) bond motifs is 1. The number of benzene rings is 2. The average molecular weight is 403 g/mol. The average Bonchev–Trinajstić information content (AvgIpc) is 3.16. The van der Waals surface area contributed by atoms with E-state index in [1.165, 1.54) is 17.7 Å². The number of likely N-dealkylation sites (N-methyl/N-ethyl adjacent to an activating group) is 1. The topological polar surface area (TPSA) is 85.0 Å². The van der Waals surface area contributed by atoms with Crippen molar-refractivity contribution in [3.63, 3.8) is 0 Å². The Bertz CT molecular complexity index is 1170. The largest absolute Gasteiger partial charge is 0.402 e. The van der Waals surface area contributed by atoms with Crippen molar-refractivity contribution in [3.05, 3.63) is 92.8 Å². The Morgan fingerprint density at radius 3 is 2.57 bits per heavy atom. The Morgan fingerprint density at radius 2 is 1.90 bits per heavy atom. The molecule has 2 heterocycles. The van der Waals surface area contributed by atoms with Crippen molar-refractivity contribution in [2.24, 2.45) is 4.99 Å². The molecule has 0 saturated carbocycles. The molecule has 0 aliphatic carbocycles. The van der Waals surface area contributed by atoms with Gasteiger partial charge < -0.3 is 9.64 Å². The number of aliphatic imine (C=N–C) groups is 1. The summed E-state index contributed by atoms with van der Waals surface area (Å²) in [7, 11) is 2.00. The first-order valence-corrected chi connectivity index (χ1v) is 9.52. The van der Waals surface area contributed by atoms with Crippen LogP contribution in [0.2, 0.25) is 0 Å². The molecule has 2 aliphatic heterocycles. The summed E-state index contributed by atoms with van der Waals surface area (Å²) >= 11 is 0. The Labute approximate surface area is 174 Å². The van der Waals surface area contributed by atoms with E-state index in [0.29, 0.717) is 11.1 Å². The summed E-state index contributed by atoms with van der Waals surface area (Å²) < 4.78 is 5.30. The molecule has 30 heavy (non-hydrogen) atoms. The van der Waals surface area contributed by atoms with Crippen LogP contribution < -0.4 is 4.90 Å². The number of ether oxygens (including phenoxy) is 1. The zero-order valence-corrected chi connectivity index (χ0v) is 17.2. The number of allylic oxidation sites excluding steroid dienone is 3. The maximum Gasteiger partial charge on any atom is 0.363 e. The number of cyclic esters (lactones) is 1. The van der Waals surface area contributed by atoms with Crippen LogP contribution >= 0.6 is 0 Å². The lowest BCUT2D eigenvalue weighted by molar-refractivity contribution is -0.385. The molecule has 0 amide bonds. The van der Waals surface area contributed by atoms with E-state index < -0.39 is 10.9 Å². The Balaban J connectivity index is 1.67. The normalized spacial score (nSPS) is 19.8. The molecule has 0 bridgehead atoms. The fourth-order valence-electron chi connectivity index (χ4n) is 4.00. The first-order chi connectivity index (χ1) is 14.2. The third-order valence-corrected chi connectivity index (χ3v) is 5.60. The van der Waals surface area contributed by atoms with E-state index in [4.69, 9.17) is 4.74 Å². The maximum atomic E-state index is 12.3. The van der Waals surface area contributed by atoms with Crippen LogP contribution in [-0.4, -0.2) is 23.8 Å². The van der Waals surface area contributed by atoms with Crippen molar-refractivity contribution in [1.29, 1.82) is 0 Å². The first kappa shape index (κ1) is 19.6. The molecule has 2 aromatic carbocycles. The number of hydrogen-bond donors (Lipinski definition) is 0. The number of hydrogen-bond acceptors (Lipinski definition) is 6. The third-order valence-electron chi connectivity index (χ3n) is 5.60. The van der Waals surface area contributed by atoms with Gasteiger partial charge in [0, 0.05) is 41.0 Å². The molecule has 0 aromatic heterocycles. The number of nitro groups is 1. The van der Waals surface area contributed by atoms with Gasteiger partial charge >= 0.3 is 5.97 Å². The molecule has 0 fully saturated rings. The van der Waals surface area contributed by atoms with Gasteiger partial charge in [0.25, 0.3) is 5.69 Å². The van der Waals surface area contributed by atoms with Crippen LogP contribution in [0, 0.1) is 17.0 Å². The SMILES string of the molecule is Cc1cc(C2=NC(=CC=C3N(C)c4ccccc4C3(C)C)C(=O)O2)ccc1[N+](=O)[O-]. The second-order valence-electron chi connectivity index (χ2n) is 7.87. The van der Waals surface area contributed by atoms with E-state index in [2.05, 4.69) is 35.9 Å². The van der Waals surface area contributed by atoms with Crippen LogP contribution in [0.3, 0.4) is 0 Å². The van der Waals surface area contributed by atoms with E-state index >= 15 is 0 Å². The summed E-state index contributed by atoms with van der Waals surface area (Å²) in [5, 5.41) is 11.0. The van der Waals surface area contributed by atoms with Crippen molar-refractivity contribution in [3.8, 4) is 0 Å². The zero-order chi connectivity index (χ0) is 21.6. The molecular weight excluding hydrogens is 382 g/mol. The number of rotatable bonds is 3. The molecule has 0 saturated heterocycles. The summed E-state index contributed by atoms with van der Waals surface area (Å²) in [6.07, 6.45) is 3.55. The van der Waals surface area contributed by atoms with Gasteiger partial charge in [-0.25, -0.2) is 9.79 Å². The van der Waals surface area contributed by atoms with Crippen molar-refractivity contribution in [2.45, 2.75) is 26.2 Å². The summed E-state index contributed by atoms with van der Waals surface area (Å²) in [5.74, 6) is -0.404. The lowest BCUT2D eigenvalue weighted by atomic mass is 9.84. The summed E-state index contributed by atoms with van der Waals surface area (Å²) in [4.78, 5) is 29.3. The van der Waals surface area contributed by atoms with Crippen LogP contribution in [0.1, 0.15) is 30.5 Å². The Kier molecular flexibility index (Phi) is 4.53. The predicted molar refractivity (Wildman–Crippen MR) is 114 cm³/mol. The van der Waals surface area contributed by atoms with E-state index in [-0.39, 0.29) is 22.7 Å². The molecule has 0 unspecified atom stereocenters. The number of carbonyl (C=O) groups is 1. The van der Waals surface area contributed by atoms with Gasteiger partial charge in [-0.2, -0.15) is 0 Å². The number of nitro benzene ring substituents is 1. The Morgan fingerprint density at radius 1 is 1.17 bits per heavy atom. The summed E-state index contributed by atoms with van der Waals surface area (Å²) in [6, 6.07) is 12.7. The van der Waals surface area contributed by atoms with Gasteiger partial charge in [0.05, 0.1) is 4.92 Å². The van der Waals surface area contributed by atoms with E-state index in [1.807, 2.05) is 25.3 Å². The van der Waals surface area contributed by atoms with Gasteiger partial charge in [-0.15, -0.1) is 0 Å². The molecule has 4 rings (SSSR count). The summed E-state index contributed by atoms with van der Waals surface area (Å²) in [6.45, 7) is 5.91. The zero-order valence-electron chi connectivity index (χ0n) is 17.2. The molecule has 7 nitrogen and oxygen atoms in total. The van der Waals surface area contributed by atoms with Crippen molar-refractivity contribution in [1.82, 2.24) is 0 Å². The van der Waals surface area contributed by atoms with Crippen molar-refractivity contribution < 1.29 is 14.5 Å². The van der Waals surface area contributed by atoms with Gasteiger partial charge in [0.2, 0.25) is 5.90 Å². The second-order valence-corrected chi connectivity index (χ2v) is 7.87. The fraction of sp³-hybridized carbons (Fsp3) is 0.217. The van der Waals surface area contributed by atoms with Crippen LogP contribution in [-0.2, 0) is 14.9 Å². The third kappa shape index (κ3) is 3.08. The maximum absolute atomic E-state index is 12.3. The van der Waals surface area contributed by atoms with E-state index in [0.717, 1.165) is 11.4 Å². The predicted octanol–water partition coefficient (Wildman–Crippen LogP) is 4.40. The molecular formula is C23H21N3O4. The molecule has 0 radical (unpaired) electrons. The first-order valence-electron chi connectivity index (χ1n) is 9.52. The highest BCUT2D eigenvalue weighted by atomic mass is 16.6. The second kappa shape index (κ2) is 6.95. The number of esters is 1. The molecule has 0 spiro atoms. The Hall–Kier alpha value is -3.74. The number of aryl methyl sites for hydroxylation is 1.